The molecule has 0 spiro atoms. The summed E-state index contributed by atoms with van der Waals surface area (Å²) in [4.78, 5) is 10.4. The van der Waals surface area contributed by atoms with Gasteiger partial charge in [-0.3, -0.25) is 0 Å². The van der Waals surface area contributed by atoms with Gasteiger partial charge in [-0.2, -0.15) is 0 Å². The van der Waals surface area contributed by atoms with E-state index in [0.29, 0.717) is 0 Å². The first-order valence-electron chi connectivity index (χ1n) is 3.57. The van der Waals surface area contributed by atoms with Crippen LogP contribution in [0, 0.1) is 11.5 Å². The van der Waals surface area contributed by atoms with E-state index >= 15 is 0 Å². The molecular weight excluding hydrogens is 156 g/mol. The topological polar surface area (TPSA) is 41.1 Å². The molecule has 1 heterocycles. The van der Waals surface area contributed by atoms with Gasteiger partial charge >= 0.3 is 6.03 Å². The molecule has 60 valence electrons. The molecule has 0 saturated carbocycles. The molecule has 0 bridgehead atoms. The van der Waals surface area contributed by atoms with E-state index in [0.717, 1.165) is 0 Å². The van der Waals surface area contributed by atoms with Gasteiger partial charge in [0.1, 0.15) is 8.07 Å². The van der Waals surface area contributed by atoms with Crippen LogP contribution in [0.1, 0.15) is 0 Å². The molecule has 0 aromatic carbocycles. The van der Waals surface area contributed by atoms with Crippen molar-refractivity contribution in [3.8, 4) is 11.5 Å². The Balaban J connectivity index is 2.40. The summed E-state index contributed by atoms with van der Waals surface area (Å²) < 4.78 is 0. The monoisotopic (exact) mass is 168 g/mol. The lowest BCUT2D eigenvalue weighted by Gasteiger charge is -2.24. The molecule has 1 saturated heterocycles. The second-order valence-electron chi connectivity index (χ2n) is 3.57. The highest BCUT2D eigenvalue weighted by Gasteiger charge is 2.21. The summed E-state index contributed by atoms with van der Waals surface area (Å²) in [5.41, 5.74) is 3.16. The van der Waals surface area contributed by atoms with Gasteiger partial charge in [-0.15, -0.1) is 5.54 Å². The number of carbonyl (C=O) groups excluding carboxylic acids is 1. The summed E-state index contributed by atoms with van der Waals surface area (Å²) in [5.74, 6) is 2.96. The Morgan fingerprint density at radius 2 is 1.91 bits per heavy atom. The first-order chi connectivity index (χ1) is 4.97. The fraction of sp³-hybridized carbons (Fsp3) is 0.571. The van der Waals surface area contributed by atoms with E-state index in [9.17, 15) is 4.79 Å². The average Bonchev–Trinajstić information content (AvgIpc) is 1.75. The van der Waals surface area contributed by atoms with Crippen LogP contribution in [0.2, 0.25) is 19.6 Å². The molecule has 1 aliphatic heterocycles. The van der Waals surface area contributed by atoms with Crippen molar-refractivity contribution in [2.75, 3.05) is 0 Å². The normalized spacial score (nSPS) is 17.2. The van der Waals surface area contributed by atoms with Gasteiger partial charge in [0.15, 0.2) is 6.17 Å². The Bertz CT molecular complexity index is 225. The lowest BCUT2D eigenvalue weighted by molar-refractivity contribution is 0.218. The average molecular weight is 168 g/mol. The summed E-state index contributed by atoms with van der Waals surface area (Å²) in [6.45, 7) is 6.50. The maximum absolute atomic E-state index is 10.4. The molecule has 2 N–H and O–H groups in total. The van der Waals surface area contributed by atoms with Crippen molar-refractivity contribution in [1.29, 1.82) is 0 Å². The Kier molecular flexibility index (Phi) is 1.92. The first-order valence-corrected chi connectivity index (χ1v) is 7.07. The van der Waals surface area contributed by atoms with Gasteiger partial charge in [0.25, 0.3) is 0 Å². The summed E-state index contributed by atoms with van der Waals surface area (Å²) >= 11 is 0. The Hall–Kier alpha value is -0.953. The first kappa shape index (κ1) is 8.15. The van der Waals surface area contributed by atoms with Crippen molar-refractivity contribution in [3.05, 3.63) is 0 Å². The van der Waals surface area contributed by atoms with Crippen molar-refractivity contribution in [3.63, 3.8) is 0 Å². The minimum absolute atomic E-state index is 0.103. The van der Waals surface area contributed by atoms with Gasteiger partial charge in [0.2, 0.25) is 0 Å². The minimum Gasteiger partial charge on any atom is -0.307 e. The van der Waals surface area contributed by atoms with Gasteiger partial charge in [0, 0.05) is 0 Å². The SMILES string of the molecule is C[Si](C)(C)C#CC1NC(=O)N1. The summed E-state index contributed by atoms with van der Waals surface area (Å²) in [6.07, 6.45) is -0.103. The zero-order chi connectivity index (χ0) is 8.48. The number of amides is 2. The van der Waals surface area contributed by atoms with Crippen LogP contribution in [0.15, 0.2) is 0 Å². The molecule has 1 rings (SSSR count). The fourth-order valence-electron chi connectivity index (χ4n) is 0.623. The molecule has 11 heavy (non-hydrogen) atoms. The van der Waals surface area contributed by atoms with E-state index in [2.05, 4.69) is 41.7 Å². The number of hydrogen-bond donors (Lipinski definition) is 2. The standard InChI is InChI=1S/C7H12N2OSi/c1-11(2,3)5-4-6-8-7(10)9-6/h6H,1-3H3,(H2,8,9,10). The largest absolute Gasteiger partial charge is 0.319 e. The highest BCUT2D eigenvalue weighted by atomic mass is 28.3. The van der Waals surface area contributed by atoms with E-state index in [1.165, 1.54) is 0 Å². The fourth-order valence-corrected chi connectivity index (χ4v) is 1.20. The summed E-state index contributed by atoms with van der Waals surface area (Å²) in [5, 5.41) is 5.23. The molecule has 0 atom stereocenters. The molecule has 1 aliphatic rings. The Morgan fingerprint density at radius 1 is 1.36 bits per heavy atom. The lowest BCUT2D eigenvalue weighted by Crippen LogP contribution is -2.62. The third-order valence-corrected chi connectivity index (χ3v) is 2.04. The van der Waals surface area contributed by atoms with E-state index < -0.39 is 8.07 Å². The van der Waals surface area contributed by atoms with Crippen LogP contribution in [0.5, 0.6) is 0 Å². The molecule has 0 aliphatic carbocycles. The van der Waals surface area contributed by atoms with Crippen molar-refractivity contribution in [2.24, 2.45) is 0 Å². The predicted octanol–water partition coefficient (Wildman–Crippen LogP) is 0.506. The molecule has 0 unspecified atom stereocenters. The second-order valence-corrected chi connectivity index (χ2v) is 8.32. The Labute approximate surface area is 67.6 Å². The van der Waals surface area contributed by atoms with Crippen molar-refractivity contribution in [2.45, 2.75) is 25.8 Å². The summed E-state index contributed by atoms with van der Waals surface area (Å²) in [6, 6.07) is -0.125. The third-order valence-electron chi connectivity index (χ3n) is 1.14. The summed E-state index contributed by atoms with van der Waals surface area (Å²) in [7, 11) is -1.28. The van der Waals surface area contributed by atoms with Crippen LogP contribution < -0.4 is 10.6 Å². The molecule has 2 amide bonds. The quantitative estimate of drug-likeness (QED) is 0.401. The van der Waals surface area contributed by atoms with Crippen molar-refractivity contribution >= 4 is 14.1 Å². The second kappa shape index (κ2) is 2.59. The van der Waals surface area contributed by atoms with Gasteiger partial charge in [0.05, 0.1) is 0 Å². The molecular formula is C7H12N2OSi. The zero-order valence-corrected chi connectivity index (χ0v) is 7.99. The van der Waals surface area contributed by atoms with E-state index in [4.69, 9.17) is 0 Å². The highest BCUT2D eigenvalue weighted by Crippen LogP contribution is 1.97. The van der Waals surface area contributed by atoms with Gasteiger partial charge in [-0.25, -0.2) is 4.79 Å². The third kappa shape index (κ3) is 2.64. The van der Waals surface area contributed by atoms with Gasteiger partial charge in [-0.05, 0) is 0 Å². The van der Waals surface area contributed by atoms with Gasteiger partial charge < -0.3 is 10.6 Å². The number of carbonyl (C=O) groups is 1. The Morgan fingerprint density at radius 3 is 2.27 bits per heavy atom. The predicted molar refractivity (Wildman–Crippen MR) is 46.6 cm³/mol. The number of hydrogen-bond acceptors (Lipinski definition) is 1. The number of urea groups is 1. The van der Waals surface area contributed by atoms with Crippen LogP contribution in [-0.2, 0) is 0 Å². The lowest BCUT2D eigenvalue weighted by atomic mass is 10.4. The van der Waals surface area contributed by atoms with Crippen LogP contribution in [0.4, 0.5) is 4.79 Å². The van der Waals surface area contributed by atoms with Crippen LogP contribution in [-0.4, -0.2) is 20.3 Å². The van der Waals surface area contributed by atoms with Crippen LogP contribution in [0.3, 0.4) is 0 Å². The molecule has 0 aromatic heterocycles. The maximum Gasteiger partial charge on any atom is 0.319 e. The van der Waals surface area contributed by atoms with E-state index in [1.807, 2.05) is 0 Å². The maximum atomic E-state index is 10.4. The minimum atomic E-state index is -1.28. The van der Waals surface area contributed by atoms with Crippen molar-refractivity contribution in [1.82, 2.24) is 10.6 Å². The number of rotatable bonds is 0. The van der Waals surface area contributed by atoms with Crippen molar-refractivity contribution < 1.29 is 4.79 Å². The van der Waals surface area contributed by atoms with Crippen LogP contribution in [0.25, 0.3) is 0 Å². The molecule has 1 fully saturated rings. The molecule has 4 heteroatoms. The zero-order valence-electron chi connectivity index (χ0n) is 6.99. The van der Waals surface area contributed by atoms with Crippen LogP contribution >= 0.6 is 0 Å². The molecule has 3 nitrogen and oxygen atoms in total. The van der Waals surface area contributed by atoms with E-state index in [1.54, 1.807) is 0 Å². The molecule has 0 aromatic rings. The van der Waals surface area contributed by atoms with E-state index in [-0.39, 0.29) is 12.2 Å². The number of nitrogens with one attached hydrogen (secondary N) is 2. The van der Waals surface area contributed by atoms with Gasteiger partial charge in [-0.1, -0.05) is 25.6 Å². The smallest absolute Gasteiger partial charge is 0.307 e. The highest BCUT2D eigenvalue weighted by molar-refractivity contribution is 6.83. The molecule has 0 radical (unpaired) electrons.